The lowest BCUT2D eigenvalue weighted by atomic mass is 10.0. The number of anilines is 2. The second-order valence-corrected chi connectivity index (χ2v) is 9.63. The molecule has 2 bridgehead atoms. The molecule has 5 rings (SSSR count). The van der Waals surface area contributed by atoms with E-state index >= 15 is 0 Å². The zero-order valence-corrected chi connectivity index (χ0v) is 19.3. The smallest absolute Gasteiger partial charge is 0.399 e. The van der Waals surface area contributed by atoms with Crippen molar-refractivity contribution in [2.24, 2.45) is 5.92 Å². The number of alkyl halides is 3. The minimum atomic E-state index is -4.50. The van der Waals surface area contributed by atoms with Gasteiger partial charge in [-0.3, -0.25) is 4.79 Å². The van der Waals surface area contributed by atoms with Gasteiger partial charge >= 0.3 is 6.18 Å². The molecule has 1 amide bonds. The van der Waals surface area contributed by atoms with E-state index in [0.29, 0.717) is 43.1 Å². The summed E-state index contributed by atoms with van der Waals surface area (Å²) >= 11 is 6.16. The van der Waals surface area contributed by atoms with Gasteiger partial charge in [-0.2, -0.15) is 13.2 Å². The largest absolute Gasteiger partial charge is 0.416 e. The van der Waals surface area contributed by atoms with Crippen molar-refractivity contribution in [1.29, 1.82) is 0 Å². The van der Waals surface area contributed by atoms with Crippen LogP contribution in [0.4, 0.5) is 24.7 Å². The topological polar surface area (TPSA) is 93.4 Å². The summed E-state index contributed by atoms with van der Waals surface area (Å²) in [7, 11) is 0. The van der Waals surface area contributed by atoms with Crippen LogP contribution in [0.5, 0.6) is 0 Å². The first kappa shape index (κ1) is 23.2. The average Bonchev–Trinajstić information content (AvgIpc) is 3.30. The molecule has 182 valence electrons. The third-order valence-electron chi connectivity index (χ3n) is 6.96. The molecular formula is C23H25ClF3N5O2. The Labute approximate surface area is 199 Å². The summed E-state index contributed by atoms with van der Waals surface area (Å²) in [5.74, 6) is 0.248. The Morgan fingerprint density at radius 1 is 1.21 bits per heavy atom. The van der Waals surface area contributed by atoms with Crippen molar-refractivity contribution < 1.29 is 22.7 Å². The van der Waals surface area contributed by atoms with E-state index in [1.807, 2.05) is 4.90 Å². The number of morpholine rings is 1. The molecule has 1 aromatic carbocycles. The van der Waals surface area contributed by atoms with Crippen LogP contribution in [0, 0.1) is 5.92 Å². The first-order valence-corrected chi connectivity index (χ1v) is 11.7. The molecule has 34 heavy (non-hydrogen) atoms. The maximum atomic E-state index is 13.4. The number of benzene rings is 1. The molecule has 2 aliphatic heterocycles. The van der Waals surface area contributed by atoms with Gasteiger partial charge in [-0.15, -0.1) is 0 Å². The number of aromatic nitrogens is 2. The van der Waals surface area contributed by atoms with Crippen LogP contribution >= 0.6 is 11.6 Å². The molecule has 2 aromatic rings. The van der Waals surface area contributed by atoms with Gasteiger partial charge in [0, 0.05) is 23.6 Å². The Kier molecular flexibility index (Phi) is 5.84. The number of nitrogens with two attached hydrogens (primary N) is 1. The molecule has 7 nitrogen and oxygen atoms in total. The first-order valence-electron chi connectivity index (χ1n) is 11.3. The number of nitrogens with one attached hydrogen (secondary N) is 1. The van der Waals surface area contributed by atoms with E-state index in [1.165, 1.54) is 6.07 Å². The van der Waals surface area contributed by atoms with Gasteiger partial charge in [-0.25, -0.2) is 9.97 Å². The number of halogens is 4. The molecule has 0 spiro atoms. The third kappa shape index (κ3) is 4.29. The first-order chi connectivity index (χ1) is 16.1. The van der Waals surface area contributed by atoms with Crippen LogP contribution in [-0.4, -0.2) is 46.1 Å². The average molecular weight is 496 g/mol. The molecule has 3 unspecified atom stereocenters. The highest BCUT2D eigenvalue weighted by molar-refractivity contribution is 6.28. The molecule has 1 aromatic heterocycles. The standard InChI is InChI=1S/C23H25ClF3N5O2/c1-11(12-4-14(23(25,26)27)8-15(28)5-12)29-20-18-6-13(7-19(18)30-22(24)31-20)21(33)32-16-2-3-17(32)10-34-9-16/h4-5,8,11,13,16-17H,2-3,6-7,9-10,28H2,1H3,(H,29,30,31)/t11-,13?,16?,17?/m1/s1. The highest BCUT2D eigenvalue weighted by Crippen LogP contribution is 2.38. The lowest BCUT2D eigenvalue weighted by Crippen LogP contribution is -2.51. The molecule has 3 aliphatic rings. The number of carbonyl (C=O) groups excluding carboxylic acids is 1. The van der Waals surface area contributed by atoms with Crippen molar-refractivity contribution in [3.05, 3.63) is 45.9 Å². The molecule has 4 atom stereocenters. The highest BCUT2D eigenvalue weighted by atomic mass is 35.5. The van der Waals surface area contributed by atoms with E-state index < -0.39 is 17.8 Å². The number of nitrogen functional groups attached to an aromatic ring is 1. The molecule has 11 heteroatoms. The summed E-state index contributed by atoms with van der Waals surface area (Å²) in [6.45, 7) is 2.86. The van der Waals surface area contributed by atoms with E-state index in [4.69, 9.17) is 22.1 Å². The van der Waals surface area contributed by atoms with Gasteiger partial charge in [0.15, 0.2) is 0 Å². The lowest BCUT2D eigenvalue weighted by molar-refractivity contribution is -0.145. The van der Waals surface area contributed by atoms with Crippen LogP contribution < -0.4 is 11.1 Å². The number of fused-ring (bicyclic) bond motifs is 3. The van der Waals surface area contributed by atoms with Gasteiger partial charge in [0.25, 0.3) is 0 Å². The summed E-state index contributed by atoms with van der Waals surface area (Å²) in [4.78, 5) is 24.0. The second kappa shape index (κ2) is 8.57. The Hall–Kier alpha value is -2.59. The Morgan fingerprint density at radius 2 is 1.91 bits per heavy atom. The highest BCUT2D eigenvalue weighted by Gasteiger charge is 2.44. The number of amides is 1. The summed E-state index contributed by atoms with van der Waals surface area (Å²) in [6.07, 6.45) is -1.71. The molecule has 2 fully saturated rings. The van der Waals surface area contributed by atoms with Gasteiger partial charge in [0.05, 0.1) is 42.6 Å². The van der Waals surface area contributed by atoms with Gasteiger partial charge in [0.2, 0.25) is 11.2 Å². The number of nitrogens with zero attached hydrogens (tertiary/aromatic N) is 3. The Balaban J connectivity index is 1.37. The normalized spacial score (nSPS) is 24.7. The van der Waals surface area contributed by atoms with Crippen LogP contribution in [0.3, 0.4) is 0 Å². The van der Waals surface area contributed by atoms with E-state index in [2.05, 4.69) is 15.3 Å². The van der Waals surface area contributed by atoms with Crippen molar-refractivity contribution in [1.82, 2.24) is 14.9 Å². The minimum Gasteiger partial charge on any atom is -0.399 e. The van der Waals surface area contributed by atoms with Crippen molar-refractivity contribution in [2.75, 3.05) is 24.3 Å². The van der Waals surface area contributed by atoms with Crippen LogP contribution in [0.25, 0.3) is 0 Å². The zero-order chi connectivity index (χ0) is 24.2. The van der Waals surface area contributed by atoms with Crippen LogP contribution in [0.15, 0.2) is 18.2 Å². The molecule has 1 aliphatic carbocycles. The van der Waals surface area contributed by atoms with Gasteiger partial charge in [-0.05, 0) is 61.5 Å². The van der Waals surface area contributed by atoms with Crippen molar-refractivity contribution in [2.45, 2.75) is 56.9 Å². The fourth-order valence-corrected chi connectivity index (χ4v) is 5.49. The molecular weight excluding hydrogens is 471 g/mol. The fraction of sp³-hybridized carbons (Fsp3) is 0.522. The molecule has 0 radical (unpaired) electrons. The fourth-order valence-electron chi connectivity index (χ4n) is 5.31. The maximum absolute atomic E-state index is 13.4. The van der Waals surface area contributed by atoms with Gasteiger partial charge < -0.3 is 20.7 Å². The molecule has 3 heterocycles. The second-order valence-electron chi connectivity index (χ2n) is 9.29. The van der Waals surface area contributed by atoms with Crippen LogP contribution in [0.1, 0.15) is 48.2 Å². The number of rotatable bonds is 4. The maximum Gasteiger partial charge on any atom is 0.416 e. The van der Waals surface area contributed by atoms with E-state index in [1.54, 1.807) is 6.92 Å². The number of carbonyl (C=O) groups is 1. The zero-order valence-electron chi connectivity index (χ0n) is 18.5. The Bertz CT molecular complexity index is 1110. The molecule has 2 saturated heterocycles. The van der Waals surface area contributed by atoms with Crippen molar-refractivity contribution in [3.8, 4) is 0 Å². The number of hydrogen-bond acceptors (Lipinski definition) is 6. The van der Waals surface area contributed by atoms with Crippen molar-refractivity contribution >= 4 is 29.0 Å². The van der Waals surface area contributed by atoms with E-state index in [0.717, 1.165) is 30.5 Å². The third-order valence-corrected chi connectivity index (χ3v) is 7.13. The summed E-state index contributed by atoms with van der Waals surface area (Å²) in [5.41, 5.74) is 6.77. The Morgan fingerprint density at radius 3 is 2.59 bits per heavy atom. The predicted octanol–water partition coefficient (Wildman–Crippen LogP) is 4.01. The SMILES string of the molecule is C[C@@H](Nc1nc(Cl)nc2c1CC(C(=O)N1C3CCC1COC3)C2)c1cc(N)cc(C(F)(F)F)c1. The lowest BCUT2D eigenvalue weighted by Gasteiger charge is -2.36. The predicted molar refractivity (Wildman–Crippen MR) is 120 cm³/mol. The summed E-state index contributed by atoms with van der Waals surface area (Å²) < 4.78 is 45.3. The van der Waals surface area contributed by atoms with Crippen molar-refractivity contribution in [3.63, 3.8) is 0 Å². The minimum absolute atomic E-state index is 0.0234. The summed E-state index contributed by atoms with van der Waals surface area (Å²) in [6, 6.07) is 3.17. The number of ether oxygens (including phenoxy) is 1. The van der Waals surface area contributed by atoms with Crippen LogP contribution in [-0.2, 0) is 28.5 Å². The van der Waals surface area contributed by atoms with Gasteiger partial charge in [-0.1, -0.05) is 0 Å². The van der Waals surface area contributed by atoms with E-state index in [-0.39, 0.29) is 34.9 Å². The van der Waals surface area contributed by atoms with E-state index in [9.17, 15) is 18.0 Å². The van der Waals surface area contributed by atoms with Gasteiger partial charge in [0.1, 0.15) is 5.82 Å². The molecule has 3 N–H and O–H groups in total. The monoisotopic (exact) mass is 495 g/mol. The van der Waals surface area contributed by atoms with Crippen LogP contribution in [0.2, 0.25) is 5.28 Å². The summed E-state index contributed by atoms with van der Waals surface area (Å²) in [5, 5.41) is 3.20. The quantitative estimate of drug-likeness (QED) is 0.492. The number of hydrogen-bond donors (Lipinski definition) is 2. The molecule has 0 saturated carbocycles.